The smallest absolute Gasteiger partial charge is 0.227 e. The molecule has 0 spiro atoms. The van der Waals surface area contributed by atoms with Crippen molar-refractivity contribution < 1.29 is 13.9 Å². The van der Waals surface area contributed by atoms with Gasteiger partial charge < -0.3 is 9.64 Å². The van der Waals surface area contributed by atoms with Crippen LogP contribution in [0.3, 0.4) is 0 Å². The van der Waals surface area contributed by atoms with E-state index in [2.05, 4.69) is 11.0 Å². The molecule has 1 saturated carbocycles. The number of amides is 1. The van der Waals surface area contributed by atoms with Gasteiger partial charge in [0.05, 0.1) is 18.6 Å². The number of carbonyl (C=O) groups excluding carboxylic acids is 1. The number of carbonyl (C=O) groups is 1. The molecule has 5 rings (SSSR count). The monoisotopic (exact) mass is 383 g/mol. The maximum Gasteiger partial charge on any atom is 0.227 e. The average Bonchev–Trinajstić information content (AvgIpc) is 3.46. The summed E-state index contributed by atoms with van der Waals surface area (Å²) in [5.41, 5.74) is 0.899. The van der Waals surface area contributed by atoms with Gasteiger partial charge in [0.1, 0.15) is 11.6 Å². The van der Waals surface area contributed by atoms with Crippen LogP contribution in [0.25, 0.3) is 0 Å². The molecule has 2 saturated heterocycles. The van der Waals surface area contributed by atoms with Gasteiger partial charge in [-0.1, -0.05) is 0 Å². The Morgan fingerprint density at radius 1 is 1.25 bits per heavy atom. The van der Waals surface area contributed by atoms with Gasteiger partial charge in [-0.05, 0) is 49.8 Å². The number of likely N-dealkylation sites (tertiary alicyclic amines) is 2. The summed E-state index contributed by atoms with van der Waals surface area (Å²) >= 11 is 0. The lowest BCUT2D eigenvalue weighted by atomic mass is 9.84. The molecule has 148 valence electrons. The van der Waals surface area contributed by atoms with E-state index >= 15 is 0 Å². The highest BCUT2D eigenvalue weighted by molar-refractivity contribution is 5.80. The third kappa shape index (κ3) is 3.16. The zero-order valence-corrected chi connectivity index (χ0v) is 16.0. The van der Waals surface area contributed by atoms with Gasteiger partial charge in [-0.15, -0.1) is 0 Å². The molecule has 4 aliphatic rings. The summed E-state index contributed by atoms with van der Waals surface area (Å²) in [6.07, 6.45) is 4.03. The molecular weight excluding hydrogens is 357 g/mol. The highest BCUT2D eigenvalue weighted by Crippen LogP contribution is 2.49. The lowest BCUT2D eigenvalue weighted by Crippen LogP contribution is -2.44. The lowest BCUT2D eigenvalue weighted by molar-refractivity contribution is -0.138. The molecule has 3 aliphatic heterocycles. The molecule has 3 fully saturated rings. The number of fused-ring (bicyclic) bond motifs is 3. The van der Waals surface area contributed by atoms with Gasteiger partial charge in [0.15, 0.2) is 0 Å². The number of benzene rings is 1. The molecule has 28 heavy (non-hydrogen) atoms. The van der Waals surface area contributed by atoms with Crippen LogP contribution in [0.15, 0.2) is 18.2 Å². The Hall–Kier alpha value is -2.13. The molecule has 6 heteroatoms. The summed E-state index contributed by atoms with van der Waals surface area (Å²) in [5.74, 6) is 1.43. The van der Waals surface area contributed by atoms with Crippen molar-refractivity contribution in [2.45, 2.75) is 31.7 Å². The molecule has 0 aromatic heterocycles. The van der Waals surface area contributed by atoms with Crippen LogP contribution < -0.4 is 4.74 Å². The number of hydrogen-bond acceptors (Lipinski definition) is 4. The van der Waals surface area contributed by atoms with Crippen LogP contribution in [-0.2, 0) is 4.79 Å². The molecular formula is C22H26FN3O2. The van der Waals surface area contributed by atoms with Crippen molar-refractivity contribution >= 4 is 5.91 Å². The summed E-state index contributed by atoms with van der Waals surface area (Å²) in [6, 6.07) is 7.15. The van der Waals surface area contributed by atoms with E-state index in [0.717, 1.165) is 37.2 Å². The molecule has 5 nitrogen and oxygen atoms in total. The van der Waals surface area contributed by atoms with Gasteiger partial charge in [-0.25, -0.2) is 4.39 Å². The van der Waals surface area contributed by atoms with Crippen LogP contribution in [0.2, 0.25) is 0 Å². The van der Waals surface area contributed by atoms with Gasteiger partial charge in [-0.2, -0.15) is 5.26 Å². The van der Waals surface area contributed by atoms with E-state index in [1.807, 2.05) is 4.90 Å². The SMILES string of the molecule is N#CC1CCN(C(=O)[C@@H]2CN(CC3CC3)[C@H]3c4cc(F)ccc4OC[C@@H]23)CC1. The number of piperidine rings is 1. The second-order valence-corrected chi connectivity index (χ2v) is 8.83. The van der Waals surface area contributed by atoms with Crippen molar-refractivity contribution in [2.24, 2.45) is 23.7 Å². The normalized spacial score (nSPS) is 30.3. The second kappa shape index (κ2) is 7.04. The van der Waals surface area contributed by atoms with E-state index in [4.69, 9.17) is 10.00 Å². The summed E-state index contributed by atoms with van der Waals surface area (Å²) in [4.78, 5) is 17.7. The highest BCUT2D eigenvalue weighted by atomic mass is 19.1. The minimum atomic E-state index is -0.247. The van der Waals surface area contributed by atoms with E-state index in [9.17, 15) is 9.18 Å². The van der Waals surface area contributed by atoms with E-state index in [-0.39, 0.29) is 35.5 Å². The van der Waals surface area contributed by atoms with Crippen LogP contribution in [0.1, 0.15) is 37.3 Å². The quantitative estimate of drug-likeness (QED) is 0.805. The van der Waals surface area contributed by atoms with Crippen LogP contribution in [-0.4, -0.2) is 48.5 Å². The first-order valence-corrected chi connectivity index (χ1v) is 10.5. The fraction of sp³-hybridized carbons (Fsp3) is 0.636. The molecule has 0 radical (unpaired) electrons. The van der Waals surface area contributed by atoms with Crippen LogP contribution in [0, 0.1) is 40.8 Å². The summed E-state index contributed by atoms with van der Waals surface area (Å²) in [7, 11) is 0. The maximum absolute atomic E-state index is 14.0. The Balaban J connectivity index is 1.40. The maximum atomic E-state index is 14.0. The number of ether oxygens (including phenoxy) is 1. The minimum Gasteiger partial charge on any atom is -0.493 e. The number of nitriles is 1. The van der Waals surface area contributed by atoms with Crippen molar-refractivity contribution in [1.82, 2.24) is 9.80 Å². The van der Waals surface area contributed by atoms with E-state index in [1.165, 1.54) is 18.9 Å². The fourth-order valence-electron chi connectivity index (χ4n) is 5.24. The molecule has 3 atom stereocenters. The molecule has 3 heterocycles. The predicted molar refractivity (Wildman–Crippen MR) is 101 cm³/mol. The van der Waals surface area contributed by atoms with Gasteiger partial charge in [0.25, 0.3) is 0 Å². The molecule has 0 N–H and O–H groups in total. The van der Waals surface area contributed by atoms with Crippen LogP contribution in [0.4, 0.5) is 4.39 Å². The van der Waals surface area contributed by atoms with Gasteiger partial charge in [0, 0.05) is 49.6 Å². The first kappa shape index (κ1) is 17.9. The minimum absolute atomic E-state index is 0.0608. The molecule has 0 bridgehead atoms. The lowest BCUT2D eigenvalue weighted by Gasteiger charge is -2.36. The Kier molecular flexibility index (Phi) is 4.51. The van der Waals surface area contributed by atoms with Crippen LogP contribution in [0.5, 0.6) is 5.75 Å². The molecule has 1 aromatic carbocycles. The van der Waals surface area contributed by atoms with Crippen molar-refractivity contribution in [2.75, 3.05) is 32.8 Å². The molecule has 1 aliphatic carbocycles. The fourth-order valence-corrected chi connectivity index (χ4v) is 5.24. The topological polar surface area (TPSA) is 56.6 Å². The summed E-state index contributed by atoms with van der Waals surface area (Å²) in [5, 5.41) is 9.11. The Labute approximate surface area is 165 Å². The van der Waals surface area contributed by atoms with Crippen LogP contribution >= 0.6 is 0 Å². The van der Waals surface area contributed by atoms with E-state index in [1.54, 1.807) is 12.1 Å². The average molecular weight is 383 g/mol. The van der Waals surface area contributed by atoms with Gasteiger partial charge in [0.2, 0.25) is 5.91 Å². The van der Waals surface area contributed by atoms with E-state index < -0.39 is 0 Å². The second-order valence-electron chi connectivity index (χ2n) is 8.83. The summed E-state index contributed by atoms with van der Waals surface area (Å²) < 4.78 is 20.0. The Morgan fingerprint density at radius 3 is 2.75 bits per heavy atom. The number of nitrogens with zero attached hydrogens (tertiary/aromatic N) is 3. The van der Waals surface area contributed by atoms with E-state index in [0.29, 0.717) is 25.6 Å². The molecule has 1 aromatic rings. The van der Waals surface area contributed by atoms with Crippen molar-refractivity contribution in [3.05, 3.63) is 29.6 Å². The zero-order valence-electron chi connectivity index (χ0n) is 16.0. The Bertz CT molecular complexity index is 810. The molecule has 0 unspecified atom stereocenters. The van der Waals surface area contributed by atoms with Crippen molar-refractivity contribution in [3.63, 3.8) is 0 Å². The zero-order chi connectivity index (χ0) is 19.3. The first-order chi connectivity index (χ1) is 13.6. The van der Waals surface area contributed by atoms with Gasteiger partial charge in [-0.3, -0.25) is 9.69 Å². The molecule has 1 amide bonds. The first-order valence-electron chi connectivity index (χ1n) is 10.5. The summed E-state index contributed by atoms with van der Waals surface area (Å²) in [6.45, 7) is 3.55. The largest absolute Gasteiger partial charge is 0.493 e. The highest BCUT2D eigenvalue weighted by Gasteiger charge is 2.51. The number of halogens is 1. The third-order valence-electron chi connectivity index (χ3n) is 6.96. The standard InChI is InChI=1S/C22H26FN3O2/c23-16-3-4-20-17(9-16)21-19(13-28-20)18(12-26(21)11-15-1-2-15)22(27)25-7-5-14(10-24)6-8-25/h3-4,9,14-15,18-19,21H,1-2,5-8,11-13H2/t18-,19+,21+/m1/s1. The van der Waals surface area contributed by atoms with Crippen molar-refractivity contribution in [3.8, 4) is 11.8 Å². The third-order valence-corrected chi connectivity index (χ3v) is 6.96. The number of rotatable bonds is 3. The van der Waals surface area contributed by atoms with Gasteiger partial charge >= 0.3 is 0 Å². The predicted octanol–water partition coefficient (Wildman–Crippen LogP) is 2.98. The Morgan fingerprint density at radius 2 is 2.04 bits per heavy atom. The number of hydrogen-bond donors (Lipinski definition) is 0. The van der Waals surface area contributed by atoms with Crippen molar-refractivity contribution in [1.29, 1.82) is 5.26 Å².